The summed E-state index contributed by atoms with van der Waals surface area (Å²) in [6, 6.07) is 1.51. The van der Waals surface area contributed by atoms with Crippen LogP contribution in [0.25, 0.3) is 0 Å². The third-order valence-electron chi connectivity index (χ3n) is 7.91. The van der Waals surface area contributed by atoms with E-state index in [4.69, 9.17) is 0 Å². The number of nitrogens with one attached hydrogen (secondary N) is 1. The molecule has 21 heavy (non-hydrogen) atoms. The summed E-state index contributed by atoms with van der Waals surface area (Å²) in [7, 11) is 0. The summed E-state index contributed by atoms with van der Waals surface area (Å²) >= 11 is 0. The van der Waals surface area contributed by atoms with Crippen molar-refractivity contribution in [1.82, 2.24) is 10.2 Å². The minimum atomic E-state index is 0.459. The molecule has 1 N–H and O–H groups in total. The lowest BCUT2D eigenvalue weighted by Gasteiger charge is -2.56. The molecule has 3 aliphatic carbocycles. The Labute approximate surface area is 131 Å². The molecule has 2 bridgehead atoms. The summed E-state index contributed by atoms with van der Waals surface area (Å²) in [6.45, 7) is 12.7. The fourth-order valence-corrected chi connectivity index (χ4v) is 6.88. The maximum atomic E-state index is 3.94. The molecule has 4 atom stereocenters. The van der Waals surface area contributed by atoms with Gasteiger partial charge >= 0.3 is 0 Å². The second kappa shape index (κ2) is 4.47. The first-order chi connectivity index (χ1) is 9.86. The molecule has 2 heteroatoms. The molecule has 4 fully saturated rings. The molecule has 0 aromatic carbocycles. The Morgan fingerprint density at radius 2 is 1.76 bits per heavy atom. The molecule has 3 saturated carbocycles. The summed E-state index contributed by atoms with van der Waals surface area (Å²) < 4.78 is 0. The Balaban J connectivity index is 1.64. The Kier molecular flexibility index (Phi) is 3.09. The number of nitrogens with zero attached hydrogens (tertiary/aromatic N) is 1. The average Bonchev–Trinajstić information content (AvgIpc) is 3.06. The molecule has 0 aromatic heterocycles. The highest BCUT2D eigenvalue weighted by Crippen LogP contribution is 2.64. The van der Waals surface area contributed by atoms with E-state index in [1.807, 2.05) is 0 Å². The molecule has 4 unspecified atom stereocenters. The van der Waals surface area contributed by atoms with Crippen molar-refractivity contribution < 1.29 is 0 Å². The second-order valence-corrected chi connectivity index (χ2v) is 9.71. The maximum absolute atomic E-state index is 3.94. The summed E-state index contributed by atoms with van der Waals surface area (Å²) in [5, 5.41) is 3.94. The van der Waals surface area contributed by atoms with E-state index in [1.54, 1.807) is 0 Å². The molecule has 0 aromatic rings. The zero-order chi connectivity index (χ0) is 14.9. The lowest BCUT2D eigenvalue weighted by Crippen LogP contribution is -2.68. The summed E-state index contributed by atoms with van der Waals surface area (Å²) in [4.78, 5) is 2.96. The van der Waals surface area contributed by atoms with Crippen LogP contribution in [0.15, 0.2) is 0 Å². The van der Waals surface area contributed by atoms with Gasteiger partial charge in [0.15, 0.2) is 0 Å². The standard InChI is InChI=1S/C19H34N2/c1-14-12-20-19(8-5-6-9-19)13-21(14)16-17(2,3)15-7-10-18(16,4)11-15/h14-16,20H,5-13H2,1-4H3. The van der Waals surface area contributed by atoms with Crippen LogP contribution in [0.3, 0.4) is 0 Å². The fraction of sp³-hybridized carbons (Fsp3) is 1.00. The van der Waals surface area contributed by atoms with Gasteiger partial charge in [0, 0.05) is 30.7 Å². The zero-order valence-corrected chi connectivity index (χ0v) is 14.5. The fourth-order valence-electron chi connectivity index (χ4n) is 6.88. The van der Waals surface area contributed by atoms with Crippen molar-refractivity contribution in [3.05, 3.63) is 0 Å². The number of hydrogen-bond donors (Lipinski definition) is 1. The van der Waals surface area contributed by atoms with E-state index in [-0.39, 0.29) is 0 Å². The quantitative estimate of drug-likeness (QED) is 0.790. The van der Waals surface area contributed by atoms with Crippen molar-refractivity contribution in [2.75, 3.05) is 13.1 Å². The highest BCUT2D eigenvalue weighted by Gasteiger charge is 2.62. The van der Waals surface area contributed by atoms with Gasteiger partial charge in [0.25, 0.3) is 0 Å². The van der Waals surface area contributed by atoms with Gasteiger partial charge in [-0.3, -0.25) is 4.90 Å². The number of rotatable bonds is 1. The molecule has 4 rings (SSSR count). The molecular formula is C19H34N2. The van der Waals surface area contributed by atoms with Crippen molar-refractivity contribution in [2.24, 2.45) is 16.7 Å². The van der Waals surface area contributed by atoms with E-state index in [0.717, 1.165) is 12.0 Å². The van der Waals surface area contributed by atoms with Crippen LogP contribution >= 0.6 is 0 Å². The lowest BCUT2D eigenvalue weighted by atomic mass is 9.66. The molecule has 1 aliphatic heterocycles. The first-order valence-corrected chi connectivity index (χ1v) is 9.37. The minimum absolute atomic E-state index is 0.459. The molecule has 0 radical (unpaired) electrons. The molecule has 1 saturated heterocycles. The van der Waals surface area contributed by atoms with E-state index in [0.29, 0.717) is 22.4 Å². The van der Waals surface area contributed by atoms with Crippen LogP contribution in [-0.2, 0) is 0 Å². The van der Waals surface area contributed by atoms with Crippen molar-refractivity contribution in [3.63, 3.8) is 0 Å². The minimum Gasteiger partial charge on any atom is -0.308 e. The van der Waals surface area contributed by atoms with Crippen LogP contribution in [0, 0.1) is 16.7 Å². The van der Waals surface area contributed by atoms with Gasteiger partial charge in [-0.15, -0.1) is 0 Å². The van der Waals surface area contributed by atoms with Gasteiger partial charge in [0.1, 0.15) is 0 Å². The normalized spacial score (nSPS) is 48.3. The Morgan fingerprint density at radius 3 is 2.38 bits per heavy atom. The van der Waals surface area contributed by atoms with Crippen LogP contribution in [0.4, 0.5) is 0 Å². The van der Waals surface area contributed by atoms with Gasteiger partial charge < -0.3 is 5.32 Å². The summed E-state index contributed by atoms with van der Waals surface area (Å²) in [5.74, 6) is 0.967. The first kappa shape index (κ1) is 14.5. The summed E-state index contributed by atoms with van der Waals surface area (Å²) in [6.07, 6.45) is 10.1. The number of hydrogen-bond acceptors (Lipinski definition) is 2. The predicted molar refractivity (Wildman–Crippen MR) is 88.4 cm³/mol. The van der Waals surface area contributed by atoms with Crippen LogP contribution in [-0.4, -0.2) is 35.6 Å². The van der Waals surface area contributed by atoms with E-state index in [9.17, 15) is 0 Å². The van der Waals surface area contributed by atoms with Crippen molar-refractivity contribution in [1.29, 1.82) is 0 Å². The molecule has 1 heterocycles. The SMILES string of the molecule is CC1CNC2(CCCC2)CN1C1C2(C)CCC(C2)C1(C)C. The van der Waals surface area contributed by atoms with E-state index in [1.165, 1.54) is 58.0 Å². The molecule has 0 amide bonds. The van der Waals surface area contributed by atoms with E-state index >= 15 is 0 Å². The second-order valence-electron chi connectivity index (χ2n) is 9.71. The highest BCUT2D eigenvalue weighted by atomic mass is 15.3. The molecule has 2 nitrogen and oxygen atoms in total. The molecule has 1 spiro atoms. The zero-order valence-electron chi connectivity index (χ0n) is 14.5. The molecule has 4 aliphatic rings. The molecular weight excluding hydrogens is 256 g/mol. The van der Waals surface area contributed by atoms with Gasteiger partial charge in [-0.25, -0.2) is 0 Å². The highest BCUT2D eigenvalue weighted by molar-refractivity contribution is 5.15. The maximum Gasteiger partial charge on any atom is 0.0309 e. The van der Waals surface area contributed by atoms with Crippen molar-refractivity contribution >= 4 is 0 Å². The van der Waals surface area contributed by atoms with Crippen LogP contribution in [0.2, 0.25) is 0 Å². The van der Waals surface area contributed by atoms with Crippen LogP contribution < -0.4 is 5.32 Å². The molecule has 120 valence electrons. The smallest absolute Gasteiger partial charge is 0.0309 e. The van der Waals surface area contributed by atoms with Crippen molar-refractivity contribution in [3.8, 4) is 0 Å². The predicted octanol–water partition coefficient (Wildman–Crippen LogP) is 3.81. The monoisotopic (exact) mass is 290 g/mol. The topological polar surface area (TPSA) is 15.3 Å². The summed E-state index contributed by atoms with van der Waals surface area (Å²) in [5.41, 5.74) is 1.55. The van der Waals surface area contributed by atoms with Crippen LogP contribution in [0.5, 0.6) is 0 Å². The van der Waals surface area contributed by atoms with Gasteiger partial charge in [-0.1, -0.05) is 33.6 Å². The van der Waals surface area contributed by atoms with Crippen LogP contribution in [0.1, 0.15) is 72.6 Å². The third-order valence-corrected chi connectivity index (χ3v) is 7.91. The third kappa shape index (κ3) is 1.97. The largest absolute Gasteiger partial charge is 0.308 e. The van der Waals surface area contributed by atoms with E-state index in [2.05, 4.69) is 37.9 Å². The number of fused-ring (bicyclic) bond motifs is 2. The van der Waals surface area contributed by atoms with Gasteiger partial charge in [-0.05, 0) is 55.8 Å². The Morgan fingerprint density at radius 1 is 1.05 bits per heavy atom. The van der Waals surface area contributed by atoms with Gasteiger partial charge in [-0.2, -0.15) is 0 Å². The van der Waals surface area contributed by atoms with Gasteiger partial charge in [0.05, 0.1) is 0 Å². The van der Waals surface area contributed by atoms with Gasteiger partial charge in [0.2, 0.25) is 0 Å². The lowest BCUT2D eigenvalue weighted by molar-refractivity contribution is -0.0513. The average molecular weight is 290 g/mol. The van der Waals surface area contributed by atoms with Crippen molar-refractivity contribution in [2.45, 2.75) is 90.3 Å². The van der Waals surface area contributed by atoms with E-state index < -0.39 is 0 Å². The first-order valence-electron chi connectivity index (χ1n) is 9.37. The Bertz CT molecular complexity index is 419. The number of piperazine rings is 1. The Hall–Kier alpha value is -0.0800.